The number of halogens is 1. The first-order valence-corrected chi connectivity index (χ1v) is 5.39. The van der Waals surface area contributed by atoms with E-state index in [1.54, 1.807) is 12.4 Å². The third-order valence-electron chi connectivity index (χ3n) is 1.56. The molecule has 0 bridgehead atoms. The van der Waals surface area contributed by atoms with Crippen LogP contribution in [-0.2, 0) is 0 Å². The SMILES string of the molecule is CC(C)(C)N=C(NN)c1cncc(Br)c1. The molecule has 15 heavy (non-hydrogen) atoms. The Morgan fingerprint density at radius 2 is 2.13 bits per heavy atom. The van der Waals surface area contributed by atoms with Crippen LogP contribution in [0.2, 0.25) is 0 Å². The molecule has 0 aliphatic heterocycles. The van der Waals surface area contributed by atoms with Crippen LogP contribution in [0, 0.1) is 0 Å². The van der Waals surface area contributed by atoms with Crippen molar-refractivity contribution in [2.45, 2.75) is 26.3 Å². The largest absolute Gasteiger partial charge is 0.308 e. The Kier molecular flexibility index (Phi) is 3.82. The molecule has 0 atom stereocenters. The number of amidine groups is 1. The molecule has 0 unspecified atom stereocenters. The van der Waals surface area contributed by atoms with E-state index < -0.39 is 0 Å². The van der Waals surface area contributed by atoms with Gasteiger partial charge >= 0.3 is 0 Å². The summed E-state index contributed by atoms with van der Waals surface area (Å²) in [6.45, 7) is 6.03. The molecule has 3 N–H and O–H groups in total. The van der Waals surface area contributed by atoms with Gasteiger partial charge in [-0.3, -0.25) is 9.98 Å². The first kappa shape index (κ1) is 12.1. The van der Waals surface area contributed by atoms with E-state index in [2.05, 4.69) is 31.3 Å². The number of pyridine rings is 1. The van der Waals surface area contributed by atoms with Crippen molar-refractivity contribution in [2.75, 3.05) is 0 Å². The van der Waals surface area contributed by atoms with Crippen molar-refractivity contribution in [2.24, 2.45) is 10.8 Å². The predicted molar refractivity (Wildman–Crippen MR) is 65.6 cm³/mol. The first-order chi connectivity index (χ1) is 6.92. The number of aromatic nitrogens is 1. The summed E-state index contributed by atoms with van der Waals surface area (Å²) in [5, 5.41) is 0. The lowest BCUT2D eigenvalue weighted by Crippen LogP contribution is -2.33. The zero-order valence-electron chi connectivity index (χ0n) is 9.08. The van der Waals surface area contributed by atoms with E-state index in [1.807, 2.05) is 26.8 Å². The zero-order chi connectivity index (χ0) is 11.5. The van der Waals surface area contributed by atoms with Crippen LogP contribution in [-0.4, -0.2) is 16.4 Å². The van der Waals surface area contributed by atoms with Gasteiger partial charge in [-0.1, -0.05) is 0 Å². The average Bonchev–Trinajstić information content (AvgIpc) is 2.13. The minimum Gasteiger partial charge on any atom is -0.308 e. The van der Waals surface area contributed by atoms with E-state index in [0.717, 1.165) is 10.0 Å². The average molecular weight is 271 g/mol. The number of nitrogens with zero attached hydrogens (tertiary/aromatic N) is 2. The summed E-state index contributed by atoms with van der Waals surface area (Å²) in [6, 6.07) is 1.91. The van der Waals surface area contributed by atoms with E-state index in [0.29, 0.717) is 5.84 Å². The fourth-order valence-corrected chi connectivity index (χ4v) is 1.42. The highest BCUT2D eigenvalue weighted by Gasteiger charge is 2.11. The maximum atomic E-state index is 5.44. The molecule has 0 spiro atoms. The van der Waals surface area contributed by atoms with Gasteiger partial charge in [0.05, 0.1) is 5.54 Å². The van der Waals surface area contributed by atoms with E-state index >= 15 is 0 Å². The number of nitrogens with two attached hydrogens (primary N) is 1. The summed E-state index contributed by atoms with van der Waals surface area (Å²) in [5.74, 6) is 6.07. The molecule has 82 valence electrons. The molecule has 0 aliphatic rings. The van der Waals surface area contributed by atoms with E-state index in [4.69, 9.17) is 5.84 Å². The van der Waals surface area contributed by atoms with Crippen LogP contribution in [0.1, 0.15) is 26.3 Å². The summed E-state index contributed by atoms with van der Waals surface area (Å²) >= 11 is 3.35. The molecule has 1 rings (SSSR count). The highest BCUT2D eigenvalue weighted by atomic mass is 79.9. The molecule has 0 radical (unpaired) electrons. The lowest BCUT2D eigenvalue weighted by Gasteiger charge is -2.15. The molecular weight excluding hydrogens is 256 g/mol. The fourth-order valence-electron chi connectivity index (χ4n) is 1.06. The van der Waals surface area contributed by atoms with Gasteiger partial charge < -0.3 is 5.43 Å². The Hall–Kier alpha value is -0.940. The van der Waals surface area contributed by atoms with E-state index in [1.165, 1.54) is 0 Å². The first-order valence-electron chi connectivity index (χ1n) is 4.60. The highest BCUT2D eigenvalue weighted by molar-refractivity contribution is 9.10. The Labute approximate surface area is 98.1 Å². The Bertz CT molecular complexity index is 368. The van der Waals surface area contributed by atoms with Gasteiger partial charge in [0.1, 0.15) is 5.84 Å². The minimum atomic E-state index is -0.177. The van der Waals surface area contributed by atoms with Gasteiger partial charge in [-0.2, -0.15) is 0 Å². The van der Waals surface area contributed by atoms with Gasteiger partial charge in [0.2, 0.25) is 0 Å². The van der Waals surface area contributed by atoms with Crippen LogP contribution < -0.4 is 11.3 Å². The summed E-state index contributed by atoms with van der Waals surface area (Å²) in [7, 11) is 0. The van der Waals surface area contributed by atoms with Crippen molar-refractivity contribution >= 4 is 21.8 Å². The van der Waals surface area contributed by atoms with Gasteiger partial charge in [0.15, 0.2) is 0 Å². The van der Waals surface area contributed by atoms with Crippen LogP contribution in [0.15, 0.2) is 27.9 Å². The summed E-state index contributed by atoms with van der Waals surface area (Å²) < 4.78 is 0.900. The molecule has 4 nitrogen and oxygen atoms in total. The molecule has 0 saturated heterocycles. The van der Waals surface area contributed by atoms with Crippen molar-refractivity contribution < 1.29 is 0 Å². The molecule has 0 amide bonds. The van der Waals surface area contributed by atoms with Crippen molar-refractivity contribution in [3.05, 3.63) is 28.5 Å². The Balaban J connectivity index is 3.08. The van der Waals surface area contributed by atoms with Gasteiger partial charge in [-0.25, -0.2) is 5.84 Å². The number of nitrogens with one attached hydrogen (secondary N) is 1. The molecule has 1 aromatic heterocycles. The second kappa shape index (κ2) is 4.72. The van der Waals surface area contributed by atoms with E-state index in [-0.39, 0.29) is 5.54 Å². The van der Waals surface area contributed by atoms with Crippen LogP contribution in [0.4, 0.5) is 0 Å². The molecule has 0 aromatic carbocycles. The highest BCUT2D eigenvalue weighted by Crippen LogP contribution is 2.12. The van der Waals surface area contributed by atoms with Gasteiger partial charge in [-0.05, 0) is 42.8 Å². The molecule has 0 aliphatic carbocycles. The number of aliphatic imine (C=N–C) groups is 1. The number of hydrazine groups is 1. The zero-order valence-corrected chi connectivity index (χ0v) is 10.7. The predicted octanol–water partition coefficient (Wildman–Crippen LogP) is 1.85. The molecule has 0 fully saturated rings. The van der Waals surface area contributed by atoms with Gasteiger partial charge in [0, 0.05) is 22.4 Å². The van der Waals surface area contributed by atoms with Crippen molar-refractivity contribution in [3.63, 3.8) is 0 Å². The standard InChI is InChI=1S/C10H15BrN4/c1-10(2,3)14-9(15-12)7-4-8(11)6-13-5-7/h4-6H,12H2,1-3H3,(H,14,15). The van der Waals surface area contributed by atoms with Crippen molar-refractivity contribution in [1.29, 1.82) is 0 Å². The van der Waals surface area contributed by atoms with Crippen LogP contribution >= 0.6 is 15.9 Å². The molecule has 0 saturated carbocycles. The third kappa shape index (κ3) is 3.97. The summed E-state index contributed by atoms with van der Waals surface area (Å²) in [4.78, 5) is 8.52. The van der Waals surface area contributed by atoms with Crippen molar-refractivity contribution in [1.82, 2.24) is 10.4 Å². The monoisotopic (exact) mass is 270 g/mol. The molecule has 1 aromatic rings. The van der Waals surface area contributed by atoms with E-state index in [9.17, 15) is 0 Å². The quantitative estimate of drug-likeness (QED) is 0.354. The minimum absolute atomic E-state index is 0.177. The van der Waals surface area contributed by atoms with Crippen LogP contribution in [0.5, 0.6) is 0 Å². The van der Waals surface area contributed by atoms with Gasteiger partial charge in [-0.15, -0.1) is 0 Å². The number of rotatable bonds is 1. The maximum absolute atomic E-state index is 5.44. The Morgan fingerprint density at radius 1 is 1.47 bits per heavy atom. The molecule has 1 heterocycles. The second-order valence-electron chi connectivity index (χ2n) is 4.17. The lowest BCUT2D eigenvalue weighted by molar-refractivity contribution is 0.580. The summed E-state index contributed by atoms with van der Waals surface area (Å²) in [5.41, 5.74) is 3.28. The summed E-state index contributed by atoms with van der Waals surface area (Å²) in [6.07, 6.45) is 3.43. The second-order valence-corrected chi connectivity index (χ2v) is 5.08. The fraction of sp³-hybridized carbons (Fsp3) is 0.400. The van der Waals surface area contributed by atoms with Crippen molar-refractivity contribution in [3.8, 4) is 0 Å². The third-order valence-corrected chi connectivity index (χ3v) is 2.00. The van der Waals surface area contributed by atoms with Crippen LogP contribution in [0.25, 0.3) is 0 Å². The lowest BCUT2D eigenvalue weighted by atomic mass is 10.1. The number of hydrogen-bond donors (Lipinski definition) is 2. The molecular formula is C10H15BrN4. The Morgan fingerprint density at radius 3 is 2.60 bits per heavy atom. The number of hydrogen-bond acceptors (Lipinski definition) is 3. The normalized spacial score (nSPS) is 12.7. The smallest absolute Gasteiger partial charge is 0.144 e. The topological polar surface area (TPSA) is 63.3 Å². The van der Waals surface area contributed by atoms with Crippen LogP contribution in [0.3, 0.4) is 0 Å². The maximum Gasteiger partial charge on any atom is 0.144 e. The van der Waals surface area contributed by atoms with Gasteiger partial charge in [0.25, 0.3) is 0 Å². The molecule has 5 heteroatoms.